The molecule has 1 amide bonds. The number of halogens is 1. The Morgan fingerprint density at radius 2 is 2.16 bits per heavy atom. The maximum Gasteiger partial charge on any atom is 0.231 e. The highest BCUT2D eigenvalue weighted by molar-refractivity contribution is 9.10. The number of hydrogen-bond acceptors (Lipinski definition) is 3. The molecule has 1 aromatic heterocycles. The largest absolute Gasteiger partial charge is 0.369 e. The van der Waals surface area contributed by atoms with Gasteiger partial charge in [0.25, 0.3) is 0 Å². The number of carbonyl (C=O) groups is 1. The maximum absolute atomic E-state index is 11.2. The van der Waals surface area contributed by atoms with E-state index in [2.05, 4.69) is 46.7 Å². The van der Waals surface area contributed by atoms with Gasteiger partial charge in [0.2, 0.25) is 5.91 Å². The zero-order valence-electron chi connectivity index (χ0n) is 12.1. The summed E-state index contributed by atoms with van der Waals surface area (Å²) in [7, 11) is 0. The number of nitrogens with two attached hydrogens (primary N) is 1. The van der Waals surface area contributed by atoms with Crippen molar-refractivity contribution in [3.05, 3.63) is 15.9 Å². The summed E-state index contributed by atoms with van der Waals surface area (Å²) in [5.41, 5.74) is 7.39. The summed E-state index contributed by atoms with van der Waals surface area (Å²) in [4.78, 5) is 13.2. The molecule has 2 N–H and O–H groups in total. The molecule has 0 aromatic carbocycles. The molecular formula is C13H23BrN4O. The maximum atomic E-state index is 11.2. The molecule has 0 aliphatic heterocycles. The molecule has 1 aromatic rings. The zero-order chi connectivity index (χ0) is 14.6. The van der Waals surface area contributed by atoms with Gasteiger partial charge in [0.15, 0.2) is 0 Å². The number of aromatic nitrogens is 2. The summed E-state index contributed by atoms with van der Waals surface area (Å²) in [6.07, 6.45) is 0. The van der Waals surface area contributed by atoms with Crippen molar-refractivity contribution in [3.8, 4) is 0 Å². The highest BCUT2D eigenvalue weighted by Gasteiger charge is 2.17. The Morgan fingerprint density at radius 3 is 2.63 bits per heavy atom. The first-order valence-electron chi connectivity index (χ1n) is 6.57. The summed E-state index contributed by atoms with van der Waals surface area (Å²) < 4.78 is 2.99. The molecule has 0 unspecified atom stereocenters. The second-order valence-corrected chi connectivity index (χ2v) is 5.98. The van der Waals surface area contributed by atoms with Crippen LogP contribution in [-0.2, 0) is 17.9 Å². The number of primary amides is 1. The van der Waals surface area contributed by atoms with Gasteiger partial charge in [-0.2, -0.15) is 5.10 Å². The van der Waals surface area contributed by atoms with Crippen molar-refractivity contribution in [1.82, 2.24) is 14.7 Å². The lowest BCUT2D eigenvalue weighted by Crippen LogP contribution is -2.36. The molecule has 108 valence electrons. The Bertz CT molecular complexity index is 442. The third kappa shape index (κ3) is 4.62. The Morgan fingerprint density at radius 1 is 1.53 bits per heavy atom. The first-order chi connectivity index (χ1) is 8.85. The molecule has 0 bridgehead atoms. The van der Waals surface area contributed by atoms with Gasteiger partial charge in [-0.3, -0.25) is 14.4 Å². The molecule has 0 aliphatic carbocycles. The highest BCUT2D eigenvalue weighted by atomic mass is 79.9. The lowest BCUT2D eigenvalue weighted by atomic mass is 10.2. The molecule has 1 rings (SSSR count). The van der Waals surface area contributed by atoms with Gasteiger partial charge >= 0.3 is 0 Å². The van der Waals surface area contributed by atoms with Crippen LogP contribution in [0.25, 0.3) is 0 Å². The molecule has 0 saturated carbocycles. The third-order valence-electron chi connectivity index (χ3n) is 2.83. The van der Waals surface area contributed by atoms with Crippen molar-refractivity contribution in [2.75, 3.05) is 13.1 Å². The third-order valence-corrected chi connectivity index (χ3v) is 3.86. The predicted octanol–water partition coefficient (Wildman–Crippen LogP) is 1.92. The van der Waals surface area contributed by atoms with Crippen LogP contribution in [0.5, 0.6) is 0 Å². The number of nitrogens with zero attached hydrogens (tertiary/aromatic N) is 3. The molecule has 1 heterocycles. The molecule has 19 heavy (non-hydrogen) atoms. The summed E-state index contributed by atoms with van der Waals surface area (Å²) in [6, 6.07) is 0. The van der Waals surface area contributed by atoms with Crippen LogP contribution in [0.1, 0.15) is 32.2 Å². The van der Waals surface area contributed by atoms with Gasteiger partial charge < -0.3 is 5.73 Å². The Hall–Kier alpha value is -0.880. The van der Waals surface area contributed by atoms with E-state index in [0.717, 1.165) is 29.0 Å². The molecule has 0 saturated heterocycles. The summed E-state index contributed by atoms with van der Waals surface area (Å²) in [6.45, 7) is 10.9. The van der Waals surface area contributed by atoms with E-state index in [9.17, 15) is 4.79 Å². The van der Waals surface area contributed by atoms with Gasteiger partial charge in [0, 0.05) is 19.6 Å². The minimum atomic E-state index is -0.295. The Labute approximate surface area is 123 Å². The lowest BCUT2D eigenvalue weighted by Gasteiger charge is -2.23. The van der Waals surface area contributed by atoms with Crippen LogP contribution in [0.4, 0.5) is 0 Å². The van der Waals surface area contributed by atoms with E-state index in [4.69, 9.17) is 5.73 Å². The van der Waals surface area contributed by atoms with Gasteiger partial charge in [-0.05, 0) is 35.7 Å². The van der Waals surface area contributed by atoms with Crippen LogP contribution < -0.4 is 5.73 Å². The molecule has 6 heteroatoms. The standard InChI is InChI=1S/C13H23BrN4O/c1-5-18-11(13(14)10(4)16-18)7-17(6-9(2)3)8-12(15)19/h9H,5-8H2,1-4H3,(H2,15,19). The SMILES string of the molecule is CCn1nc(C)c(Br)c1CN(CC(N)=O)CC(C)C. The molecule has 0 fully saturated rings. The minimum Gasteiger partial charge on any atom is -0.369 e. The number of aryl methyl sites for hydroxylation is 2. The van der Waals surface area contributed by atoms with Crippen LogP contribution in [0.2, 0.25) is 0 Å². The fourth-order valence-corrected chi connectivity index (χ4v) is 2.56. The quantitative estimate of drug-likeness (QED) is 0.830. The van der Waals surface area contributed by atoms with Crippen molar-refractivity contribution < 1.29 is 4.79 Å². The van der Waals surface area contributed by atoms with Gasteiger partial charge in [-0.25, -0.2) is 0 Å². The van der Waals surface area contributed by atoms with Crippen LogP contribution in [0, 0.1) is 12.8 Å². The number of amides is 1. The van der Waals surface area contributed by atoms with E-state index in [1.165, 1.54) is 0 Å². The Kier molecular flexibility index (Phi) is 6.00. The zero-order valence-corrected chi connectivity index (χ0v) is 13.7. The Balaban J connectivity index is 2.91. The van der Waals surface area contributed by atoms with Crippen molar-refractivity contribution in [3.63, 3.8) is 0 Å². The molecule has 0 aliphatic rings. The topological polar surface area (TPSA) is 64.2 Å². The minimum absolute atomic E-state index is 0.276. The van der Waals surface area contributed by atoms with Crippen LogP contribution in [-0.4, -0.2) is 33.7 Å². The van der Waals surface area contributed by atoms with Gasteiger partial charge in [0.05, 0.1) is 22.4 Å². The summed E-state index contributed by atoms with van der Waals surface area (Å²) in [5.74, 6) is 0.188. The van der Waals surface area contributed by atoms with Crippen LogP contribution >= 0.6 is 15.9 Å². The van der Waals surface area contributed by atoms with E-state index in [1.54, 1.807) is 0 Å². The van der Waals surface area contributed by atoms with Gasteiger partial charge in [0.1, 0.15) is 0 Å². The van der Waals surface area contributed by atoms with Crippen LogP contribution in [0.15, 0.2) is 4.47 Å². The van der Waals surface area contributed by atoms with E-state index in [-0.39, 0.29) is 12.5 Å². The van der Waals surface area contributed by atoms with E-state index in [1.807, 2.05) is 11.6 Å². The molecule has 0 atom stereocenters. The molecule has 0 radical (unpaired) electrons. The smallest absolute Gasteiger partial charge is 0.231 e. The predicted molar refractivity (Wildman–Crippen MR) is 79.6 cm³/mol. The monoisotopic (exact) mass is 330 g/mol. The summed E-state index contributed by atoms with van der Waals surface area (Å²) in [5, 5.41) is 4.47. The fraction of sp³-hybridized carbons (Fsp3) is 0.692. The van der Waals surface area contributed by atoms with Gasteiger partial charge in [-0.15, -0.1) is 0 Å². The molecule has 0 spiro atoms. The van der Waals surface area contributed by atoms with E-state index in [0.29, 0.717) is 12.5 Å². The van der Waals surface area contributed by atoms with Crippen molar-refractivity contribution in [2.24, 2.45) is 11.7 Å². The average Bonchev–Trinajstić information content (AvgIpc) is 2.55. The summed E-state index contributed by atoms with van der Waals surface area (Å²) >= 11 is 3.58. The first-order valence-corrected chi connectivity index (χ1v) is 7.36. The first kappa shape index (κ1) is 16.2. The van der Waals surface area contributed by atoms with E-state index < -0.39 is 0 Å². The van der Waals surface area contributed by atoms with Gasteiger partial charge in [-0.1, -0.05) is 13.8 Å². The normalized spacial score (nSPS) is 11.5. The number of rotatable bonds is 7. The fourth-order valence-electron chi connectivity index (χ4n) is 2.15. The molecular weight excluding hydrogens is 308 g/mol. The average molecular weight is 331 g/mol. The van der Waals surface area contributed by atoms with Crippen LogP contribution in [0.3, 0.4) is 0 Å². The van der Waals surface area contributed by atoms with Crippen molar-refractivity contribution in [2.45, 2.75) is 40.8 Å². The van der Waals surface area contributed by atoms with Crippen molar-refractivity contribution in [1.29, 1.82) is 0 Å². The number of hydrogen-bond donors (Lipinski definition) is 1. The second kappa shape index (κ2) is 7.05. The van der Waals surface area contributed by atoms with E-state index >= 15 is 0 Å². The second-order valence-electron chi connectivity index (χ2n) is 5.19. The number of carbonyl (C=O) groups excluding carboxylic acids is 1. The van der Waals surface area contributed by atoms with Crippen molar-refractivity contribution >= 4 is 21.8 Å². The molecule has 5 nitrogen and oxygen atoms in total. The highest BCUT2D eigenvalue weighted by Crippen LogP contribution is 2.22. The lowest BCUT2D eigenvalue weighted by molar-refractivity contribution is -0.119.